The Morgan fingerprint density at radius 3 is 2.40 bits per heavy atom. The fourth-order valence-electron chi connectivity index (χ4n) is 2.41. The summed E-state index contributed by atoms with van der Waals surface area (Å²) in [5, 5.41) is 5.40. The molecule has 1 unspecified atom stereocenters. The summed E-state index contributed by atoms with van der Waals surface area (Å²) in [6, 6.07) is 14.0. The van der Waals surface area contributed by atoms with Gasteiger partial charge in [-0.1, -0.05) is 44.2 Å². The van der Waals surface area contributed by atoms with Crippen LogP contribution in [0.4, 0.5) is 9.18 Å². The van der Waals surface area contributed by atoms with E-state index in [2.05, 4.69) is 24.5 Å². The molecule has 2 N–H and O–H groups in total. The highest BCUT2D eigenvalue weighted by molar-refractivity contribution is 5.74. The van der Waals surface area contributed by atoms with Crippen LogP contribution in [-0.4, -0.2) is 18.8 Å². The first-order valence-corrected chi connectivity index (χ1v) is 8.50. The maximum absolute atomic E-state index is 13.5. The molecule has 0 aliphatic rings. The summed E-state index contributed by atoms with van der Waals surface area (Å²) in [6.07, 6.45) is -0.0372. The molecule has 0 aromatic heterocycles. The summed E-state index contributed by atoms with van der Waals surface area (Å²) in [7, 11) is 0. The number of urea groups is 1. The first kappa shape index (κ1) is 18.8. The maximum atomic E-state index is 13.5. The summed E-state index contributed by atoms with van der Waals surface area (Å²) in [6.45, 7) is 6.37. The minimum Gasteiger partial charge on any atom is -0.471 e. The minimum atomic E-state index is -0.474. The zero-order valence-electron chi connectivity index (χ0n) is 14.9. The summed E-state index contributed by atoms with van der Waals surface area (Å²) < 4.78 is 19.2. The molecule has 2 aromatic rings. The molecule has 2 amide bonds. The van der Waals surface area contributed by atoms with Gasteiger partial charge in [-0.3, -0.25) is 0 Å². The van der Waals surface area contributed by atoms with Gasteiger partial charge in [0.2, 0.25) is 0 Å². The van der Waals surface area contributed by atoms with Crippen LogP contribution >= 0.6 is 0 Å². The van der Waals surface area contributed by atoms with Gasteiger partial charge in [-0.2, -0.15) is 0 Å². The zero-order chi connectivity index (χ0) is 18.2. The lowest BCUT2D eigenvalue weighted by Gasteiger charge is -2.17. The lowest BCUT2D eigenvalue weighted by molar-refractivity contribution is 0.177. The lowest BCUT2D eigenvalue weighted by atomic mass is 10.0. The summed E-state index contributed by atoms with van der Waals surface area (Å²) in [5.41, 5.74) is 1.82. The molecule has 25 heavy (non-hydrogen) atoms. The lowest BCUT2D eigenvalue weighted by Crippen LogP contribution is -2.43. The van der Waals surface area contributed by atoms with Crippen LogP contribution in [0.5, 0.6) is 5.75 Å². The largest absolute Gasteiger partial charge is 0.471 e. The molecular formula is C20H25FN2O2. The van der Waals surface area contributed by atoms with Crippen LogP contribution in [0.2, 0.25) is 0 Å². The van der Waals surface area contributed by atoms with Crippen LogP contribution in [0, 0.1) is 5.82 Å². The van der Waals surface area contributed by atoms with Gasteiger partial charge in [0.15, 0.2) is 6.23 Å². The minimum absolute atomic E-state index is 0.258. The fourth-order valence-corrected chi connectivity index (χ4v) is 2.41. The topological polar surface area (TPSA) is 50.4 Å². The second-order valence-corrected chi connectivity index (χ2v) is 6.23. The van der Waals surface area contributed by atoms with E-state index in [0.717, 1.165) is 0 Å². The van der Waals surface area contributed by atoms with Crippen LogP contribution in [0.25, 0.3) is 0 Å². The number of nitrogens with one attached hydrogen (secondary N) is 2. The van der Waals surface area contributed by atoms with E-state index in [1.165, 1.54) is 11.6 Å². The van der Waals surface area contributed by atoms with Crippen molar-refractivity contribution in [2.45, 2.75) is 39.3 Å². The molecule has 0 aliphatic carbocycles. The number of carbonyl (C=O) groups is 1. The highest BCUT2D eigenvalue weighted by atomic mass is 19.1. The number of ether oxygens (including phenoxy) is 1. The quantitative estimate of drug-likeness (QED) is 0.739. The van der Waals surface area contributed by atoms with Gasteiger partial charge in [0, 0.05) is 6.54 Å². The molecule has 4 nitrogen and oxygen atoms in total. The van der Waals surface area contributed by atoms with Crippen molar-refractivity contribution in [2.24, 2.45) is 0 Å². The monoisotopic (exact) mass is 344 g/mol. The van der Waals surface area contributed by atoms with E-state index in [0.29, 0.717) is 30.2 Å². The Labute approximate surface area is 148 Å². The molecular weight excluding hydrogens is 319 g/mol. The predicted octanol–water partition coefficient (Wildman–Crippen LogP) is 4.22. The maximum Gasteiger partial charge on any atom is 0.317 e. The highest BCUT2D eigenvalue weighted by Gasteiger charge is 2.09. The molecule has 0 radical (unpaired) electrons. The van der Waals surface area contributed by atoms with E-state index < -0.39 is 6.23 Å². The Kier molecular flexibility index (Phi) is 6.81. The van der Waals surface area contributed by atoms with Gasteiger partial charge in [0.25, 0.3) is 0 Å². The molecule has 0 aliphatic heterocycles. The van der Waals surface area contributed by atoms with E-state index in [1.807, 2.05) is 24.3 Å². The predicted molar refractivity (Wildman–Crippen MR) is 97.3 cm³/mol. The number of benzene rings is 2. The summed E-state index contributed by atoms with van der Waals surface area (Å²) in [5.74, 6) is 0.902. The number of hydrogen-bond donors (Lipinski definition) is 2. The van der Waals surface area contributed by atoms with E-state index >= 15 is 0 Å². The van der Waals surface area contributed by atoms with E-state index in [1.54, 1.807) is 25.1 Å². The number of hydrogen-bond acceptors (Lipinski definition) is 2. The van der Waals surface area contributed by atoms with Crippen LogP contribution in [0.3, 0.4) is 0 Å². The Hall–Kier alpha value is -2.56. The Morgan fingerprint density at radius 2 is 1.76 bits per heavy atom. The van der Waals surface area contributed by atoms with Crippen molar-refractivity contribution in [2.75, 3.05) is 6.54 Å². The SMILES string of the molecule is CC(NC(=O)NCCc1ccccc1F)Oc1ccc(C(C)C)cc1. The molecule has 0 saturated heterocycles. The Morgan fingerprint density at radius 1 is 1.08 bits per heavy atom. The fraction of sp³-hybridized carbons (Fsp3) is 0.350. The van der Waals surface area contributed by atoms with Crippen molar-refractivity contribution in [1.82, 2.24) is 10.6 Å². The highest BCUT2D eigenvalue weighted by Crippen LogP contribution is 2.19. The van der Waals surface area contributed by atoms with Gasteiger partial charge in [0.1, 0.15) is 11.6 Å². The van der Waals surface area contributed by atoms with Crippen molar-refractivity contribution in [3.05, 3.63) is 65.5 Å². The Bertz CT molecular complexity index is 686. The third-order valence-corrected chi connectivity index (χ3v) is 3.83. The molecule has 5 heteroatoms. The van der Waals surface area contributed by atoms with E-state index in [4.69, 9.17) is 4.74 Å². The average Bonchev–Trinajstić information content (AvgIpc) is 2.57. The average molecular weight is 344 g/mol. The summed E-state index contributed by atoms with van der Waals surface area (Å²) >= 11 is 0. The van der Waals surface area contributed by atoms with Gasteiger partial charge in [-0.25, -0.2) is 9.18 Å². The second kappa shape index (κ2) is 9.06. The van der Waals surface area contributed by atoms with Gasteiger partial charge in [-0.05, 0) is 48.6 Å². The van der Waals surface area contributed by atoms with Gasteiger partial charge in [0.05, 0.1) is 0 Å². The number of amides is 2. The molecule has 0 fully saturated rings. The van der Waals surface area contributed by atoms with Crippen molar-refractivity contribution < 1.29 is 13.9 Å². The van der Waals surface area contributed by atoms with E-state index in [-0.39, 0.29) is 11.8 Å². The second-order valence-electron chi connectivity index (χ2n) is 6.23. The molecule has 0 bridgehead atoms. The first-order valence-electron chi connectivity index (χ1n) is 8.50. The third kappa shape index (κ3) is 6.10. The van der Waals surface area contributed by atoms with Crippen molar-refractivity contribution in [1.29, 1.82) is 0 Å². The molecule has 1 atom stereocenters. The van der Waals surface area contributed by atoms with Crippen molar-refractivity contribution in [3.8, 4) is 5.75 Å². The van der Waals surface area contributed by atoms with Crippen molar-refractivity contribution >= 4 is 6.03 Å². The third-order valence-electron chi connectivity index (χ3n) is 3.83. The molecule has 2 aromatic carbocycles. The molecule has 0 heterocycles. The standard InChI is InChI=1S/C20H25FN2O2/c1-14(2)16-8-10-18(11-9-16)25-15(3)23-20(24)22-13-12-17-6-4-5-7-19(17)21/h4-11,14-15H,12-13H2,1-3H3,(H2,22,23,24). The van der Waals surface area contributed by atoms with Crippen LogP contribution in [0.15, 0.2) is 48.5 Å². The van der Waals surface area contributed by atoms with Crippen LogP contribution in [0.1, 0.15) is 37.8 Å². The Balaban J connectivity index is 1.73. The van der Waals surface area contributed by atoms with Gasteiger partial charge >= 0.3 is 6.03 Å². The zero-order valence-corrected chi connectivity index (χ0v) is 14.9. The summed E-state index contributed by atoms with van der Waals surface area (Å²) in [4.78, 5) is 11.9. The molecule has 0 spiro atoms. The van der Waals surface area contributed by atoms with Crippen LogP contribution in [-0.2, 0) is 6.42 Å². The van der Waals surface area contributed by atoms with E-state index in [9.17, 15) is 9.18 Å². The molecule has 2 rings (SSSR count). The normalized spacial score (nSPS) is 11.9. The van der Waals surface area contributed by atoms with Crippen LogP contribution < -0.4 is 15.4 Å². The molecule has 0 saturated carbocycles. The number of halogens is 1. The van der Waals surface area contributed by atoms with Gasteiger partial charge < -0.3 is 15.4 Å². The van der Waals surface area contributed by atoms with Gasteiger partial charge in [-0.15, -0.1) is 0 Å². The first-order chi connectivity index (χ1) is 12.0. The number of rotatable bonds is 7. The number of carbonyl (C=O) groups excluding carboxylic acids is 1. The van der Waals surface area contributed by atoms with Crippen molar-refractivity contribution in [3.63, 3.8) is 0 Å². The smallest absolute Gasteiger partial charge is 0.317 e. The molecule has 134 valence electrons.